The van der Waals surface area contributed by atoms with Crippen LogP contribution in [0, 0.1) is 13.8 Å². The van der Waals surface area contributed by atoms with Crippen LogP contribution < -0.4 is 5.32 Å². The Morgan fingerprint density at radius 1 is 1.15 bits per heavy atom. The van der Waals surface area contributed by atoms with Crippen LogP contribution in [0.5, 0.6) is 0 Å². The molecule has 0 radical (unpaired) electrons. The molecular formula is C17H23NO2. The van der Waals surface area contributed by atoms with Gasteiger partial charge in [-0.2, -0.15) is 0 Å². The number of nitrogens with one attached hydrogen (secondary N) is 1. The van der Waals surface area contributed by atoms with Gasteiger partial charge in [0.05, 0.1) is 6.04 Å². The van der Waals surface area contributed by atoms with Crippen LogP contribution in [0.4, 0.5) is 0 Å². The van der Waals surface area contributed by atoms with Gasteiger partial charge < -0.3 is 14.5 Å². The Morgan fingerprint density at radius 2 is 1.95 bits per heavy atom. The highest BCUT2D eigenvalue weighted by Gasteiger charge is 2.14. The van der Waals surface area contributed by atoms with Crippen LogP contribution in [0.1, 0.15) is 34.3 Å². The molecule has 0 aliphatic rings. The second-order valence-electron chi connectivity index (χ2n) is 5.20. The Hall–Kier alpha value is -1.58. The van der Waals surface area contributed by atoms with Crippen LogP contribution in [-0.4, -0.2) is 14.2 Å². The minimum absolute atomic E-state index is 0.183. The first-order valence-electron chi connectivity index (χ1n) is 6.95. The smallest absolute Gasteiger partial charge is 0.129 e. The number of ether oxygens (including phenoxy) is 1. The third-order valence-corrected chi connectivity index (χ3v) is 3.67. The number of likely N-dealkylation sites (N-methyl/N-ethyl adjacent to an activating group) is 1. The van der Waals surface area contributed by atoms with Crippen molar-refractivity contribution in [1.82, 2.24) is 5.32 Å². The second kappa shape index (κ2) is 6.73. The predicted molar refractivity (Wildman–Crippen MR) is 80.8 cm³/mol. The molecule has 2 aromatic rings. The lowest BCUT2D eigenvalue weighted by atomic mass is 10.00. The van der Waals surface area contributed by atoms with E-state index in [2.05, 4.69) is 37.4 Å². The fraction of sp³-hybridized carbons (Fsp3) is 0.412. The van der Waals surface area contributed by atoms with E-state index in [9.17, 15) is 0 Å². The van der Waals surface area contributed by atoms with Gasteiger partial charge in [0.25, 0.3) is 0 Å². The van der Waals surface area contributed by atoms with E-state index in [1.807, 2.05) is 19.2 Å². The average Bonchev–Trinajstić information content (AvgIpc) is 2.89. The number of rotatable bonds is 6. The fourth-order valence-corrected chi connectivity index (χ4v) is 2.31. The normalized spacial score (nSPS) is 12.6. The van der Waals surface area contributed by atoms with Crippen LogP contribution >= 0.6 is 0 Å². The molecular weight excluding hydrogens is 250 g/mol. The van der Waals surface area contributed by atoms with Crippen molar-refractivity contribution in [2.24, 2.45) is 0 Å². The highest BCUT2D eigenvalue weighted by molar-refractivity contribution is 5.31. The summed E-state index contributed by atoms with van der Waals surface area (Å²) in [5, 5.41) is 3.32. The molecule has 1 atom stereocenters. The van der Waals surface area contributed by atoms with E-state index in [1.54, 1.807) is 7.11 Å². The van der Waals surface area contributed by atoms with Gasteiger partial charge in [-0.1, -0.05) is 18.2 Å². The maximum absolute atomic E-state index is 5.82. The average molecular weight is 273 g/mol. The van der Waals surface area contributed by atoms with Crippen molar-refractivity contribution in [3.63, 3.8) is 0 Å². The van der Waals surface area contributed by atoms with Gasteiger partial charge in [-0.25, -0.2) is 0 Å². The van der Waals surface area contributed by atoms with Crippen molar-refractivity contribution in [2.45, 2.75) is 32.9 Å². The Bertz CT molecular complexity index is 560. The molecule has 3 heteroatoms. The van der Waals surface area contributed by atoms with Crippen molar-refractivity contribution < 1.29 is 9.15 Å². The summed E-state index contributed by atoms with van der Waals surface area (Å²) in [5.74, 6) is 1.82. The van der Waals surface area contributed by atoms with Gasteiger partial charge >= 0.3 is 0 Å². The van der Waals surface area contributed by atoms with Gasteiger partial charge in [0, 0.05) is 7.11 Å². The Balaban J connectivity index is 2.12. The van der Waals surface area contributed by atoms with Crippen molar-refractivity contribution in [3.05, 3.63) is 58.5 Å². The number of aryl methyl sites for hydroxylation is 2. The van der Waals surface area contributed by atoms with E-state index >= 15 is 0 Å². The van der Waals surface area contributed by atoms with E-state index in [-0.39, 0.29) is 6.04 Å². The first-order valence-corrected chi connectivity index (χ1v) is 6.95. The first-order chi connectivity index (χ1) is 9.63. The number of hydrogen-bond donors (Lipinski definition) is 1. The third-order valence-electron chi connectivity index (χ3n) is 3.67. The first kappa shape index (κ1) is 14.8. The molecule has 0 amide bonds. The molecule has 0 aliphatic carbocycles. The molecule has 3 nitrogen and oxygen atoms in total. The van der Waals surface area contributed by atoms with Crippen molar-refractivity contribution in [1.29, 1.82) is 0 Å². The van der Waals surface area contributed by atoms with E-state index in [0.29, 0.717) is 6.61 Å². The largest absolute Gasteiger partial charge is 0.462 e. The molecule has 1 aromatic heterocycles. The summed E-state index contributed by atoms with van der Waals surface area (Å²) in [6.07, 6.45) is 0.914. The van der Waals surface area contributed by atoms with Gasteiger partial charge in [0.15, 0.2) is 0 Å². The van der Waals surface area contributed by atoms with Crippen LogP contribution in [-0.2, 0) is 17.8 Å². The fourth-order valence-electron chi connectivity index (χ4n) is 2.31. The molecule has 0 saturated heterocycles. The van der Waals surface area contributed by atoms with Crippen molar-refractivity contribution in [2.75, 3.05) is 14.2 Å². The molecule has 0 bridgehead atoms. The summed E-state index contributed by atoms with van der Waals surface area (Å²) in [6, 6.07) is 10.8. The van der Waals surface area contributed by atoms with E-state index in [4.69, 9.17) is 9.15 Å². The summed E-state index contributed by atoms with van der Waals surface area (Å²) >= 11 is 0. The SMILES string of the molecule is CNC(Cc1ccc(C)c(C)c1)c1ccc(COC)o1. The van der Waals surface area contributed by atoms with E-state index in [1.165, 1.54) is 16.7 Å². The number of furan rings is 1. The summed E-state index contributed by atoms with van der Waals surface area (Å²) in [5.41, 5.74) is 3.98. The number of benzene rings is 1. The summed E-state index contributed by atoms with van der Waals surface area (Å²) in [6.45, 7) is 4.80. The lowest BCUT2D eigenvalue weighted by Crippen LogP contribution is -2.18. The topological polar surface area (TPSA) is 34.4 Å². The highest BCUT2D eigenvalue weighted by Crippen LogP contribution is 2.22. The maximum atomic E-state index is 5.82. The molecule has 2 rings (SSSR count). The monoisotopic (exact) mass is 273 g/mol. The van der Waals surface area contributed by atoms with Crippen LogP contribution in [0.3, 0.4) is 0 Å². The summed E-state index contributed by atoms with van der Waals surface area (Å²) < 4.78 is 10.9. The molecule has 0 fully saturated rings. The lowest BCUT2D eigenvalue weighted by Gasteiger charge is -2.14. The Labute approximate surface area is 121 Å². The van der Waals surface area contributed by atoms with Crippen molar-refractivity contribution >= 4 is 0 Å². The third kappa shape index (κ3) is 3.50. The standard InChI is InChI=1S/C17H23NO2/c1-12-5-6-14(9-13(12)2)10-16(18-3)17-8-7-15(20-17)11-19-4/h5-9,16,18H,10-11H2,1-4H3. The molecule has 1 N–H and O–H groups in total. The maximum Gasteiger partial charge on any atom is 0.129 e. The predicted octanol–water partition coefficient (Wildman–Crippen LogP) is 3.55. The lowest BCUT2D eigenvalue weighted by molar-refractivity contribution is 0.161. The number of methoxy groups -OCH3 is 1. The van der Waals surface area contributed by atoms with Gasteiger partial charge in [0.1, 0.15) is 18.1 Å². The Morgan fingerprint density at radius 3 is 2.60 bits per heavy atom. The second-order valence-corrected chi connectivity index (χ2v) is 5.20. The van der Waals surface area contributed by atoms with Crippen molar-refractivity contribution in [3.8, 4) is 0 Å². The zero-order valence-electron chi connectivity index (χ0n) is 12.7. The molecule has 0 spiro atoms. The summed E-state index contributed by atoms with van der Waals surface area (Å²) in [4.78, 5) is 0. The van der Waals surface area contributed by atoms with Gasteiger partial charge in [0.2, 0.25) is 0 Å². The molecule has 108 valence electrons. The van der Waals surface area contributed by atoms with Crippen LogP contribution in [0.2, 0.25) is 0 Å². The molecule has 0 saturated carbocycles. The number of hydrogen-bond acceptors (Lipinski definition) is 3. The molecule has 20 heavy (non-hydrogen) atoms. The highest BCUT2D eigenvalue weighted by atomic mass is 16.5. The van der Waals surface area contributed by atoms with E-state index < -0.39 is 0 Å². The van der Waals surface area contributed by atoms with Gasteiger partial charge in [-0.3, -0.25) is 0 Å². The van der Waals surface area contributed by atoms with E-state index in [0.717, 1.165) is 17.9 Å². The van der Waals surface area contributed by atoms with Crippen LogP contribution in [0.15, 0.2) is 34.7 Å². The van der Waals surface area contributed by atoms with Crippen LogP contribution in [0.25, 0.3) is 0 Å². The molecule has 1 aromatic carbocycles. The molecule has 1 heterocycles. The Kier molecular flexibility index (Phi) is 4.99. The zero-order valence-corrected chi connectivity index (χ0v) is 12.7. The summed E-state index contributed by atoms with van der Waals surface area (Å²) in [7, 11) is 3.64. The molecule has 1 unspecified atom stereocenters. The molecule has 0 aliphatic heterocycles. The quantitative estimate of drug-likeness (QED) is 0.874. The van der Waals surface area contributed by atoms with Gasteiger partial charge in [-0.15, -0.1) is 0 Å². The zero-order chi connectivity index (χ0) is 14.5. The minimum atomic E-state index is 0.183. The minimum Gasteiger partial charge on any atom is -0.462 e. The van der Waals surface area contributed by atoms with Gasteiger partial charge in [-0.05, 0) is 56.1 Å².